The Bertz CT molecular complexity index is 218. The second kappa shape index (κ2) is 3.14. The summed E-state index contributed by atoms with van der Waals surface area (Å²) in [6.07, 6.45) is 1.62. The van der Waals surface area contributed by atoms with Crippen molar-refractivity contribution in [1.29, 1.82) is 5.41 Å². The Morgan fingerprint density at radius 2 is 2.10 bits per heavy atom. The van der Waals surface area contributed by atoms with Crippen LogP contribution in [0.3, 0.4) is 0 Å². The van der Waals surface area contributed by atoms with E-state index in [-0.39, 0.29) is 5.04 Å². The van der Waals surface area contributed by atoms with E-state index in [1.165, 1.54) is 0 Å². The standard InChI is InChI=1S/C6H12NO2S/c1-4-5(2)6(7)10(3,8)9/h5,7H,2,4H2,1,3H3. The van der Waals surface area contributed by atoms with Crippen molar-refractivity contribution in [2.24, 2.45) is 5.92 Å². The summed E-state index contributed by atoms with van der Waals surface area (Å²) in [5.41, 5.74) is 0. The van der Waals surface area contributed by atoms with Crippen molar-refractivity contribution in [3.63, 3.8) is 0 Å². The molecule has 0 aromatic rings. The fourth-order valence-electron chi connectivity index (χ4n) is 0.488. The molecule has 0 amide bonds. The molecule has 0 rings (SSSR count). The first-order valence-electron chi connectivity index (χ1n) is 3.01. The van der Waals surface area contributed by atoms with Gasteiger partial charge in [0.2, 0.25) is 0 Å². The van der Waals surface area contributed by atoms with Crippen molar-refractivity contribution in [2.75, 3.05) is 6.26 Å². The third kappa shape index (κ3) is 2.47. The lowest BCUT2D eigenvalue weighted by atomic mass is 10.1. The summed E-state index contributed by atoms with van der Waals surface area (Å²) in [6.45, 7) is 5.32. The summed E-state index contributed by atoms with van der Waals surface area (Å²) in [4.78, 5) is 0. The predicted molar refractivity (Wildman–Crippen MR) is 41.7 cm³/mol. The van der Waals surface area contributed by atoms with Crippen molar-refractivity contribution >= 4 is 14.9 Å². The molecule has 3 nitrogen and oxygen atoms in total. The Morgan fingerprint density at radius 3 is 2.20 bits per heavy atom. The van der Waals surface area contributed by atoms with Crippen LogP contribution in [0.1, 0.15) is 13.3 Å². The molecule has 0 heterocycles. The molecule has 0 aliphatic carbocycles. The topological polar surface area (TPSA) is 58.0 Å². The molecule has 0 aliphatic rings. The Balaban J connectivity index is 4.40. The molecule has 1 unspecified atom stereocenters. The van der Waals surface area contributed by atoms with Gasteiger partial charge in [-0.3, -0.25) is 5.41 Å². The smallest absolute Gasteiger partial charge is 0.188 e. The van der Waals surface area contributed by atoms with Crippen molar-refractivity contribution in [3.05, 3.63) is 6.92 Å². The normalized spacial score (nSPS) is 14.7. The molecule has 59 valence electrons. The summed E-state index contributed by atoms with van der Waals surface area (Å²) < 4.78 is 21.3. The highest BCUT2D eigenvalue weighted by Gasteiger charge is 2.16. The van der Waals surface area contributed by atoms with Crippen LogP contribution >= 0.6 is 0 Å². The van der Waals surface area contributed by atoms with E-state index in [4.69, 9.17) is 5.41 Å². The van der Waals surface area contributed by atoms with Gasteiger partial charge >= 0.3 is 0 Å². The van der Waals surface area contributed by atoms with E-state index >= 15 is 0 Å². The summed E-state index contributed by atoms with van der Waals surface area (Å²) in [5.74, 6) is -0.394. The SMILES string of the molecule is [CH2]C(CC)C(=N)S(C)(=O)=O. The van der Waals surface area contributed by atoms with Gasteiger partial charge in [0, 0.05) is 12.2 Å². The molecule has 0 saturated carbocycles. The van der Waals surface area contributed by atoms with Crippen molar-refractivity contribution in [3.8, 4) is 0 Å². The average molecular weight is 162 g/mol. The highest BCUT2D eigenvalue weighted by molar-refractivity contribution is 8.05. The van der Waals surface area contributed by atoms with E-state index in [0.717, 1.165) is 6.26 Å². The average Bonchev–Trinajstić information content (AvgIpc) is 1.83. The molecule has 1 radical (unpaired) electrons. The minimum Gasteiger partial charge on any atom is -0.293 e. The van der Waals surface area contributed by atoms with Crippen LogP contribution in [0.5, 0.6) is 0 Å². The molecule has 0 aromatic heterocycles. The molecular weight excluding hydrogens is 150 g/mol. The number of sulfone groups is 1. The summed E-state index contributed by atoms with van der Waals surface area (Å²) >= 11 is 0. The monoisotopic (exact) mass is 162 g/mol. The van der Waals surface area contributed by atoms with Crippen LogP contribution in [0.2, 0.25) is 0 Å². The van der Waals surface area contributed by atoms with E-state index in [1.807, 2.05) is 0 Å². The van der Waals surface area contributed by atoms with Crippen LogP contribution in [0.4, 0.5) is 0 Å². The van der Waals surface area contributed by atoms with Gasteiger partial charge in [-0.1, -0.05) is 6.92 Å². The molecule has 10 heavy (non-hydrogen) atoms. The van der Waals surface area contributed by atoms with Crippen molar-refractivity contribution < 1.29 is 8.42 Å². The van der Waals surface area contributed by atoms with Gasteiger partial charge < -0.3 is 0 Å². The molecule has 1 atom stereocenters. The second-order valence-electron chi connectivity index (χ2n) is 2.24. The summed E-state index contributed by atoms with van der Waals surface area (Å²) in [6, 6.07) is 0. The Hall–Kier alpha value is -0.380. The first-order chi connectivity index (χ1) is 4.39. The van der Waals surface area contributed by atoms with Gasteiger partial charge in [-0.15, -0.1) is 0 Å². The zero-order valence-corrected chi connectivity index (χ0v) is 7.03. The molecule has 0 fully saturated rings. The van der Waals surface area contributed by atoms with E-state index in [9.17, 15) is 8.42 Å². The lowest BCUT2D eigenvalue weighted by Crippen LogP contribution is -2.19. The fraction of sp³-hybridized carbons (Fsp3) is 0.667. The number of hydrogen-bond acceptors (Lipinski definition) is 3. The fourth-order valence-corrected chi connectivity index (χ4v) is 1.26. The quantitative estimate of drug-likeness (QED) is 0.484. The van der Waals surface area contributed by atoms with Gasteiger partial charge in [0.05, 0.1) is 0 Å². The third-order valence-corrected chi connectivity index (χ3v) is 2.40. The van der Waals surface area contributed by atoms with Crippen LogP contribution in [-0.2, 0) is 9.84 Å². The predicted octanol–water partition coefficient (Wildman–Crippen LogP) is 0.869. The first kappa shape index (κ1) is 9.62. The van der Waals surface area contributed by atoms with E-state index in [0.29, 0.717) is 6.42 Å². The lowest BCUT2D eigenvalue weighted by Gasteiger charge is -2.06. The molecule has 0 aliphatic heterocycles. The number of nitrogens with one attached hydrogen (secondary N) is 1. The molecule has 0 spiro atoms. The zero-order chi connectivity index (χ0) is 8.36. The summed E-state index contributed by atoms with van der Waals surface area (Å²) in [5, 5.41) is 6.83. The molecule has 4 heteroatoms. The maximum Gasteiger partial charge on any atom is 0.188 e. The van der Waals surface area contributed by atoms with E-state index in [1.54, 1.807) is 6.92 Å². The van der Waals surface area contributed by atoms with Crippen molar-refractivity contribution in [2.45, 2.75) is 13.3 Å². The van der Waals surface area contributed by atoms with Crippen LogP contribution < -0.4 is 0 Å². The Labute approximate surface area is 61.9 Å². The highest BCUT2D eigenvalue weighted by Crippen LogP contribution is 2.05. The number of hydrogen-bond donors (Lipinski definition) is 1. The van der Waals surface area contributed by atoms with Gasteiger partial charge in [0.1, 0.15) is 5.04 Å². The van der Waals surface area contributed by atoms with Crippen LogP contribution in [-0.4, -0.2) is 19.7 Å². The van der Waals surface area contributed by atoms with Crippen molar-refractivity contribution in [1.82, 2.24) is 0 Å². The minimum absolute atomic E-state index is 0.269. The molecule has 0 saturated heterocycles. The lowest BCUT2D eigenvalue weighted by molar-refractivity contribution is 0.609. The Kier molecular flexibility index (Phi) is 3.02. The molecule has 0 aromatic carbocycles. The second-order valence-corrected chi connectivity index (χ2v) is 4.23. The van der Waals surface area contributed by atoms with Crippen LogP contribution in [0, 0.1) is 18.3 Å². The Morgan fingerprint density at radius 1 is 1.70 bits per heavy atom. The van der Waals surface area contributed by atoms with E-state index in [2.05, 4.69) is 6.92 Å². The molecule has 0 bridgehead atoms. The van der Waals surface area contributed by atoms with Crippen LogP contribution in [0.15, 0.2) is 0 Å². The molecular formula is C6H12NO2S. The minimum atomic E-state index is -3.29. The highest BCUT2D eigenvalue weighted by atomic mass is 32.2. The summed E-state index contributed by atoms with van der Waals surface area (Å²) in [7, 11) is -3.29. The third-order valence-electron chi connectivity index (χ3n) is 1.26. The first-order valence-corrected chi connectivity index (χ1v) is 4.90. The molecule has 1 N–H and O–H groups in total. The maximum absolute atomic E-state index is 10.7. The number of rotatable bonds is 2. The maximum atomic E-state index is 10.7. The largest absolute Gasteiger partial charge is 0.293 e. The zero-order valence-electron chi connectivity index (χ0n) is 6.22. The van der Waals surface area contributed by atoms with Gasteiger partial charge in [-0.2, -0.15) is 0 Å². The van der Waals surface area contributed by atoms with Crippen LogP contribution in [0.25, 0.3) is 0 Å². The van der Waals surface area contributed by atoms with Gasteiger partial charge in [-0.25, -0.2) is 8.42 Å². The van der Waals surface area contributed by atoms with E-state index < -0.39 is 15.8 Å². The van der Waals surface area contributed by atoms with Gasteiger partial charge in [0.15, 0.2) is 9.84 Å². The van der Waals surface area contributed by atoms with Gasteiger partial charge in [0.25, 0.3) is 0 Å². The van der Waals surface area contributed by atoms with Gasteiger partial charge in [-0.05, 0) is 13.3 Å².